The lowest BCUT2D eigenvalue weighted by Crippen LogP contribution is -2.38. The van der Waals surface area contributed by atoms with E-state index in [2.05, 4.69) is 12.0 Å². The van der Waals surface area contributed by atoms with Crippen molar-refractivity contribution in [3.8, 4) is 0 Å². The molecule has 2 heterocycles. The summed E-state index contributed by atoms with van der Waals surface area (Å²) in [5.41, 5.74) is 3.94. The number of aryl methyl sites for hydroxylation is 1. The third kappa shape index (κ3) is 5.65. The molecule has 0 bridgehead atoms. The minimum atomic E-state index is -3.66. The number of nitrogens with zero attached hydrogens (tertiary/aromatic N) is 4. The lowest BCUT2D eigenvalue weighted by molar-refractivity contribution is 0.0784. The number of carbonyl (C=O) groups excluding carboxylic acids is 1. The predicted molar refractivity (Wildman–Crippen MR) is 137 cm³/mol. The summed E-state index contributed by atoms with van der Waals surface area (Å²) in [7, 11) is -1.93. The van der Waals surface area contributed by atoms with Crippen molar-refractivity contribution in [2.75, 3.05) is 20.1 Å². The smallest absolute Gasteiger partial charge is 0.253 e. The van der Waals surface area contributed by atoms with E-state index in [-0.39, 0.29) is 10.8 Å². The Morgan fingerprint density at radius 1 is 1.09 bits per heavy atom. The third-order valence-corrected chi connectivity index (χ3v) is 8.89. The molecule has 7 nitrogen and oxygen atoms in total. The average Bonchev–Trinajstić information content (AvgIpc) is 3.27. The van der Waals surface area contributed by atoms with Crippen LogP contribution in [0.1, 0.15) is 52.4 Å². The fraction of sp³-hybridized carbons (Fsp3) is 0.407. The van der Waals surface area contributed by atoms with Crippen LogP contribution in [0.4, 0.5) is 0 Å². The highest BCUT2D eigenvalue weighted by molar-refractivity contribution is 7.89. The van der Waals surface area contributed by atoms with Gasteiger partial charge in [0.25, 0.3) is 5.91 Å². The van der Waals surface area contributed by atoms with Gasteiger partial charge in [0.05, 0.1) is 17.6 Å². The maximum Gasteiger partial charge on any atom is 0.253 e. The Morgan fingerprint density at radius 3 is 2.46 bits per heavy atom. The first-order chi connectivity index (χ1) is 16.6. The third-order valence-electron chi connectivity index (χ3n) is 6.87. The molecule has 2 aromatic carbocycles. The number of carbonyl (C=O) groups is 1. The van der Waals surface area contributed by atoms with Crippen molar-refractivity contribution in [2.24, 2.45) is 5.92 Å². The second-order valence-electron chi connectivity index (χ2n) is 9.70. The number of piperidine rings is 1. The van der Waals surface area contributed by atoms with E-state index < -0.39 is 10.0 Å². The SMILES string of the molecule is Cc1cc(C(=O)N(C)Cc2cnn(Cc3ccccc3)c2)cc(S(=O)(=O)N2CCC(C)CC2)c1C. The monoisotopic (exact) mass is 494 g/mol. The number of benzene rings is 2. The van der Waals surface area contributed by atoms with E-state index in [4.69, 9.17) is 0 Å². The van der Waals surface area contributed by atoms with E-state index in [1.54, 1.807) is 34.6 Å². The average molecular weight is 495 g/mol. The van der Waals surface area contributed by atoms with Crippen molar-refractivity contribution >= 4 is 15.9 Å². The summed E-state index contributed by atoms with van der Waals surface area (Å²) < 4.78 is 30.3. The van der Waals surface area contributed by atoms with Gasteiger partial charge in [-0.3, -0.25) is 9.48 Å². The van der Waals surface area contributed by atoms with Gasteiger partial charge in [-0.1, -0.05) is 37.3 Å². The van der Waals surface area contributed by atoms with Crippen LogP contribution >= 0.6 is 0 Å². The summed E-state index contributed by atoms with van der Waals surface area (Å²) in [5.74, 6) is 0.315. The fourth-order valence-corrected chi connectivity index (χ4v) is 6.29. The van der Waals surface area contributed by atoms with Crippen molar-refractivity contribution in [1.29, 1.82) is 0 Å². The Bertz CT molecular complexity index is 1290. The topological polar surface area (TPSA) is 75.5 Å². The molecule has 1 amide bonds. The molecule has 0 spiro atoms. The zero-order valence-corrected chi connectivity index (χ0v) is 21.8. The van der Waals surface area contributed by atoms with Crippen LogP contribution in [0.3, 0.4) is 0 Å². The van der Waals surface area contributed by atoms with Gasteiger partial charge in [0, 0.05) is 44.0 Å². The summed E-state index contributed by atoms with van der Waals surface area (Å²) in [5, 5.41) is 4.42. The summed E-state index contributed by atoms with van der Waals surface area (Å²) in [6.45, 7) is 7.91. The van der Waals surface area contributed by atoms with Crippen molar-refractivity contribution in [3.63, 3.8) is 0 Å². The Kier molecular flexibility index (Phi) is 7.42. The van der Waals surface area contributed by atoms with Gasteiger partial charge in [0.1, 0.15) is 0 Å². The normalized spacial score (nSPS) is 15.3. The molecule has 8 heteroatoms. The summed E-state index contributed by atoms with van der Waals surface area (Å²) in [6.07, 6.45) is 5.41. The van der Waals surface area contributed by atoms with Gasteiger partial charge in [-0.25, -0.2) is 8.42 Å². The maximum absolute atomic E-state index is 13.4. The number of hydrogen-bond acceptors (Lipinski definition) is 4. The molecule has 1 saturated heterocycles. The van der Waals surface area contributed by atoms with E-state index in [1.165, 1.54) is 0 Å². The van der Waals surface area contributed by atoms with Gasteiger partial charge in [-0.05, 0) is 61.4 Å². The van der Waals surface area contributed by atoms with E-state index in [0.29, 0.717) is 43.2 Å². The molecular weight excluding hydrogens is 460 g/mol. The Balaban J connectivity index is 1.51. The zero-order valence-electron chi connectivity index (χ0n) is 20.9. The molecule has 0 saturated carbocycles. The lowest BCUT2D eigenvalue weighted by atomic mass is 10.0. The lowest BCUT2D eigenvalue weighted by Gasteiger charge is -2.30. The van der Waals surface area contributed by atoms with Gasteiger partial charge >= 0.3 is 0 Å². The molecule has 1 fully saturated rings. The zero-order chi connectivity index (χ0) is 25.2. The number of aromatic nitrogens is 2. The standard InChI is InChI=1S/C27H34N4O3S/c1-20-10-12-31(13-11-20)35(33,34)26-15-25(14-21(2)22(26)3)27(32)29(4)17-24-16-28-30(19-24)18-23-8-6-5-7-9-23/h5-9,14-16,19-20H,10-13,17-18H2,1-4H3. The molecule has 4 rings (SSSR count). The van der Waals surface area contributed by atoms with E-state index in [9.17, 15) is 13.2 Å². The first-order valence-electron chi connectivity index (χ1n) is 12.1. The summed E-state index contributed by atoms with van der Waals surface area (Å²) in [6, 6.07) is 13.4. The van der Waals surface area contributed by atoms with Crippen molar-refractivity contribution in [3.05, 3.63) is 82.7 Å². The highest BCUT2D eigenvalue weighted by Crippen LogP contribution is 2.28. The quantitative estimate of drug-likeness (QED) is 0.492. The van der Waals surface area contributed by atoms with Gasteiger partial charge in [0.2, 0.25) is 10.0 Å². The van der Waals surface area contributed by atoms with E-state index >= 15 is 0 Å². The molecule has 0 N–H and O–H groups in total. The molecule has 0 radical (unpaired) electrons. The largest absolute Gasteiger partial charge is 0.337 e. The van der Waals surface area contributed by atoms with Crippen molar-refractivity contribution in [2.45, 2.75) is 51.6 Å². The number of hydrogen-bond donors (Lipinski definition) is 0. The molecular formula is C27H34N4O3S. The fourth-order valence-electron chi connectivity index (χ4n) is 4.49. The van der Waals surface area contributed by atoms with Crippen LogP contribution < -0.4 is 0 Å². The number of amides is 1. The Labute approximate surface area is 208 Å². The van der Waals surface area contributed by atoms with Crippen LogP contribution in [0, 0.1) is 19.8 Å². The van der Waals surface area contributed by atoms with E-state index in [1.807, 2.05) is 55.1 Å². The first kappa shape index (κ1) is 25.1. The second kappa shape index (κ2) is 10.3. The number of sulfonamides is 1. The van der Waals surface area contributed by atoms with Gasteiger partial charge < -0.3 is 4.90 Å². The van der Waals surface area contributed by atoms with Crippen LogP contribution in [-0.4, -0.2) is 53.4 Å². The van der Waals surface area contributed by atoms with E-state index in [0.717, 1.165) is 29.5 Å². The number of rotatable bonds is 7. The maximum atomic E-state index is 13.4. The van der Waals surface area contributed by atoms with Crippen molar-refractivity contribution in [1.82, 2.24) is 19.0 Å². The second-order valence-corrected chi connectivity index (χ2v) is 11.6. The van der Waals surface area contributed by atoms with Crippen LogP contribution in [0.2, 0.25) is 0 Å². The minimum absolute atomic E-state index is 0.215. The van der Waals surface area contributed by atoms with Crippen molar-refractivity contribution < 1.29 is 13.2 Å². The van der Waals surface area contributed by atoms with Gasteiger partial charge in [-0.15, -0.1) is 0 Å². The van der Waals surface area contributed by atoms with Crippen LogP contribution in [0.15, 0.2) is 59.8 Å². The molecule has 1 aromatic heterocycles. The molecule has 35 heavy (non-hydrogen) atoms. The van der Waals surface area contributed by atoms with Crippen LogP contribution in [0.5, 0.6) is 0 Å². The molecule has 0 unspecified atom stereocenters. The van der Waals surface area contributed by atoms with Crippen LogP contribution in [-0.2, 0) is 23.1 Å². The van der Waals surface area contributed by atoms with Gasteiger partial charge in [0.15, 0.2) is 0 Å². The molecule has 1 aliphatic rings. The summed E-state index contributed by atoms with van der Waals surface area (Å²) in [4.78, 5) is 15.1. The molecule has 186 valence electrons. The highest BCUT2D eigenvalue weighted by Gasteiger charge is 2.30. The molecule has 1 aliphatic heterocycles. The first-order valence-corrected chi connectivity index (χ1v) is 13.5. The molecule has 0 atom stereocenters. The highest BCUT2D eigenvalue weighted by atomic mass is 32.2. The Hall–Kier alpha value is -2.97. The van der Waals surface area contributed by atoms with Crippen LogP contribution in [0.25, 0.3) is 0 Å². The Morgan fingerprint density at radius 2 is 1.77 bits per heavy atom. The molecule has 0 aliphatic carbocycles. The predicted octanol–water partition coefficient (Wildman–Crippen LogP) is 4.24. The van der Waals surface area contributed by atoms with Gasteiger partial charge in [-0.2, -0.15) is 9.40 Å². The summed E-state index contributed by atoms with van der Waals surface area (Å²) >= 11 is 0. The molecule has 3 aromatic rings. The minimum Gasteiger partial charge on any atom is -0.337 e.